The first kappa shape index (κ1) is 11.7. The highest BCUT2D eigenvalue weighted by atomic mass is 16.6. The van der Waals surface area contributed by atoms with Gasteiger partial charge in [-0.1, -0.05) is 29.8 Å². The Morgan fingerprint density at radius 2 is 2.11 bits per heavy atom. The molecular formula is C13H13N3O3. The van der Waals surface area contributed by atoms with Crippen LogP contribution in [0.2, 0.25) is 0 Å². The molecule has 3 rings (SSSR count). The van der Waals surface area contributed by atoms with Gasteiger partial charge < -0.3 is 14.9 Å². The Bertz CT molecular complexity index is 646. The van der Waals surface area contributed by atoms with E-state index in [0.717, 1.165) is 11.1 Å². The third kappa shape index (κ3) is 1.85. The molecule has 1 aliphatic heterocycles. The molecular weight excluding hydrogens is 246 g/mol. The van der Waals surface area contributed by atoms with E-state index in [2.05, 4.69) is 4.98 Å². The van der Waals surface area contributed by atoms with Crippen LogP contribution in [-0.4, -0.2) is 20.6 Å². The average molecular weight is 259 g/mol. The number of nitro groups is 1. The van der Waals surface area contributed by atoms with Gasteiger partial charge >= 0.3 is 11.8 Å². The third-order valence-electron chi connectivity index (χ3n) is 3.16. The Labute approximate surface area is 109 Å². The third-order valence-corrected chi connectivity index (χ3v) is 3.16. The molecule has 0 fully saturated rings. The van der Waals surface area contributed by atoms with Crippen molar-refractivity contribution in [1.29, 1.82) is 0 Å². The van der Waals surface area contributed by atoms with Crippen LogP contribution in [0, 0.1) is 17.0 Å². The van der Waals surface area contributed by atoms with Crippen molar-refractivity contribution in [3.8, 4) is 17.3 Å². The molecule has 0 saturated heterocycles. The van der Waals surface area contributed by atoms with Gasteiger partial charge in [-0.3, -0.25) is 4.57 Å². The highest BCUT2D eigenvalue weighted by molar-refractivity contribution is 5.69. The number of hydrogen-bond acceptors (Lipinski definition) is 4. The van der Waals surface area contributed by atoms with Gasteiger partial charge in [-0.25, -0.2) is 0 Å². The summed E-state index contributed by atoms with van der Waals surface area (Å²) in [6.45, 7) is 4.48. The number of aryl methyl sites for hydroxylation is 1. The maximum absolute atomic E-state index is 11.1. The summed E-state index contributed by atoms with van der Waals surface area (Å²) in [5, 5.41) is 11.1. The van der Waals surface area contributed by atoms with Gasteiger partial charge in [0.1, 0.15) is 6.10 Å². The van der Waals surface area contributed by atoms with E-state index in [0.29, 0.717) is 18.2 Å². The summed E-state index contributed by atoms with van der Waals surface area (Å²) in [4.78, 5) is 14.6. The Morgan fingerprint density at radius 1 is 1.42 bits per heavy atom. The fourth-order valence-electron chi connectivity index (χ4n) is 2.28. The van der Waals surface area contributed by atoms with Crippen molar-refractivity contribution in [2.45, 2.75) is 26.5 Å². The molecule has 0 aliphatic carbocycles. The predicted octanol–water partition coefficient (Wildman–Crippen LogP) is 2.55. The number of ether oxygens (including phenoxy) is 1. The summed E-state index contributed by atoms with van der Waals surface area (Å²) in [6, 6.07) is 7.93. The Balaban J connectivity index is 2.18. The first-order valence-corrected chi connectivity index (χ1v) is 6.05. The molecule has 0 spiro atoms. The molecule has 0 bridgehead atoms. The lowest BCUT2D eigenvalue weighted by molar-refractivity contribution is -0.388. The van der Waals surface area contributed by atoms with E-state index in [1.54, 1.807) is 4.57 Å². The molecule has 6 heteroatoms. The van der Waals surface area contributed by atoms with Crippen LogP contribution in [-0.2, 0) is 6.54 Å². The molecule has 1 aliphatic rings. The van der Waals surface area contributed by atoms with Crippen molar-refractivity contribution in [1.82, 2.24) is 9.55 Å². The molecule has 1 aromatic heterocycles. The van der Waals surface area contributed by atoms with E-state index in [4.69, 9.17) is 4.74 Å². The van der Waals surface area contributed by atoms with E-state index in [1.807, 2.05) is 38.1 Å². The van der Waals surface area contributed by atoms with Gasteiger partial charge in [0, 0.05) is 10.5 Å². The van der Waals surface area contributed by atoms with Crippen molar-refractivity contribution in [3.05, 3.63) is 39.9 Å². The second-order valence-corrected chi connectivity index (χ2v) is 4.73. The summed E-state index contributed by atoms with van der Waals surface area (Å²) in [5.74, 6) is -0.147. The zero-order valence-corrected chi connectivity index (χ0v) is 10.7. The number of nitrogens with zero attached hydrogens (tertiary/aromatic N) is 3. The molecule has 1 aromatic carbocycles. The second-order valence-electron chi connectivity index (χ2n) is 4.73. The maximum Gasteiger partial charge on any atom is 0.415 e. The molecule has 98 valence electrons. The molecule has 6 nitrogen and oxygen atoms in total. The highest BCUT2D eigenvalue weighted by Crippen LogP contribution is 2.37. The van der Waals surface area contributed by atoms with Gasteiger partial charge in [0.25, 0.3) is 0 Å². The van der Waals surface area contributed by atoms with Crippen LogP contribution < -0.4 is 4.74 Å². The van der Waals surface area contributed by atoms with Crippen molar-refractivity contribution < 1.29 is 9.66 Å². The zero-order chi connectivity index (χ0) is 13.6. The minimum atomic E-state index is -0.464. The topological polar surface area (TPSA) is 70.2 Å². The van der Waals surface area contributed by atoms with Crippen LogP contribution >= 0.6 is 0 Å². The van der Waals surface area contributed by atoms with Gasteiger partial charge in [0.2, 0.25) is 0 Å². The van der Waals surface area contributed by atoms with Gasteiger partial charge in [-0.15, -0.1) is 0 Å². The largest absolute Gasteiger partial charge is 0.441 e. The lowest BCUT2D eigenvalue weighted by Crippen LogP contribution is -2.09. The van der Waals surface area contributed by atoms with Gasteiger partial charge in [-0.2, -0.15) is 0 Å². The smallest absolute Gasteiger partial charge is 0.415 e. The fraction of sp³-hybridized carbons (Fsp3) is 0.308. The van der Waals surface area contributed by atoms with E-state index in [9.17, 15) is 10.1 Å². The molecule has 0 N–H and O–H groups in total. The first-order valence-electron chi connectivity index (χ1n) is 6.05. The van der Waals surface area contributed by atoms with Crippen molar-refractivity contribution in [3.63, 3.8) is 0 Å². The summed E-state index contributed by atoms with van der Waals surface area (Å²) in [7, 11) is 0. The van der Waals surface area contributed by atoms with E-state index >= 15 is 0 Å². The molecule has 1 unspecified atom stereocenters. The van der Waals surface area contributed by atoms with Crippen molar-refractivity contribution in [2.24, 2.45) is 0 Å². The van der Waals surface area contributed by atoms with Gasteiger partial charge in [-0.05, 0) is 18.8 Å². The summed E-state index contributed by atoms with van der Waals surface area (Å²) >= 11 is 0. The minimum absolute atomic E-state index is 0.00694. The van der Waals surface area contributed by atoms with Crippen molar-refractivity contribution >= 4 is 5.82 Å². The first-order chi connectivity index (χ1) is 9.06. The number of aromatic nitrogens is 2. The van der Waals surface area contributed by atoms with Crippen LogP contribution in [0.3, 0.4) is 0 Å². The fourth-order valence-corrected chi connectivity index (χ4v) is 2.28. The highest BCUT2D eigenvalue weighted by Gasteiger charge is 2.35. The molecule has 19 heavy (non-hydrogen) atoms. The molecule has 0 saturated carbocycles. The van der Waals surface area contributed by atoms with E-state index < -0.39 is 4.92 Å². The number of benzene rings is 1. The van der Waals surface area contributed by atoms with Crippen LogP contribution in [0.5, 0.6) is 6.01 Å². The maximum atomic E-state index is 11.1. The van der Waals surface area contributed by atoms with Crippen LogP contribution in [0.1, 0.15) is 12.5 Å². The molecule has 1 atom stereocenters. The summed E-state index contributed by atoms with van der Waals surface area (Å²) in [6.07, 6.45) is -0.00694. The number of rotatable bonds is 2. The predicted molar refractivity (Wildman–Crippen MR) is 69.1 cm³/mol. The number of fused-ring (bicyclic) bond motifs is 1. The van der Waals surface area contributed by atoms with Crippen LogP contribution in [0.4, 0.5) is 5.82 Å². The quantitative estimate of drug-likeness (QED) is 0.613. The SMILES string of the molecule is Cc1ccc(-c2c([N+](=O)[O-])nc3n2CC(C)O3)cc1. The monoisotopic (exact) mass is 259 g/mol. The number of imidazole rings is 1. The zero-order valence-electron chi connectivity index (χ0n) is 10.7. The lowest BCUT2D eigenvalue weighted by Gasteiger charge is -2.04. The molecule has 0 amide bonds. The van der Waals surface area contributed by atoms with E-state index in [-0.39, 0.29) is 11.9 Å². The standard InChI is InChI=1S/C13H13N3O3/c1-8-3-5-10(6-4-8)11-12(16(17)18)14-13-15(11)7-9(2)19-13/h3-6,9H,7H2,1-2H3. The average Bonchev–Trinajstić information content (AvgIpc) is 2.86. The van der Waals surface area contributed by atoms with Gasteiger partial charge in [0.05, 0.1) is 6.54 Å². The van der Waals surface area contributed by atoms with E-state index in [1.165, 1.54) is 0 Å². The van der Waals surface area contributed by atoms with Gasteiger partial charge in [0.15, 0.2) is 5.69 Å². The summed E-state index contributed by atoms with van der Waals surface area (Å²) < 4.78 is 7.24. The van der Waals surface area contributed by atoms with Crippen LogP contribution in [0.25, 0.3) is 11.3 Å². The molecule has 2 aromatic rings. The minimum Gasteiger partial charge on any atom is -0.441 e. The van der Waals surface area contributed by atoms with Crippen LogP contribution in [0.15, 0.2) is 24.3 Å². The Hall–Kier alpha value is -2.37. The normalized spacial score (nSPS) is 17.1. The molecule has 0 radical (unpaired) electrons. The summed E-state index contributed by atoms with van der Waals surface area (Å²) in [5.41, 5.74) is 2.41. The Kier molecular flexibility index (Phi) is 2.51. The molecule has 2 heterocycles. The number of hydrogen-bond donors (Lipinski definition) is 0. The second kappa shape index (κ2) is 4.08. The Morgan fingerprint density at radius 3 is 2.74 bits per heavy atom. The lowest BCUT2D eigenvalue weighted by atomic mass is 10.1. The van der Waals surface area contributed by atoms with Crippen molar-refractivity contribution in [2.75, 3.05) is 0 Å².